The highest BCUT2D eigenvalue weighted by molar-refractivity contribution is 6.04. The number of methoxy groups -OCH3 is 1. The van der Waals surface area contributed by atoms with Crippen molar-refractivity contribution in [3.63, 3.8) is 0 Å². The third-order valence-corrected chi connectivity index (χ3v) is 4.93. The van der Waals surface area contributed by atoms with E-state index in [-0.39, 0.29) is 17.9 Å². The summed E-state index contributed by atoms with van der Waals surface area (Å²) in [6, 6.07) is 12.8. The lowest BCUT2D eigenvalue weighted by Crippen LogP contribution is -2.39. The molecule has 0 radical (unpaired) electrons. The largest absolute Gasteiger partial charge is 0.496 e. The van der Waals surface area contributed by atoms with Crippen LogP contribution in [0, 0.1) is 6.92 Å². The van der Waals surface area contributed by atoms with Crippen LogP contribution in [-0.4, -0.2) is 36.4 Å². The third kappa shape index (κ3) is 4.46. The van der Waals surface area contributed by atoms with Gasteiger partial charge in [0, 0.05) is 17.8 Å². The van der Waals surface area contributed by atoms with Crippen LogP contribution in [0.1, 0.15) is 34.3 Å². The Balaban J connectivity index is 1.70. The molecule has 0 saturated carbocycles. The van der Waals surface area contributed by atoms with Gasteiger partial charge in [0.05, 0.1) is 13.2 Å². The van der Waals surface area contributed by atoms with Gasteiger partial charge in [0.2, 0.25) is 5.91 Å². The second-order valence-electron chi connectivity index (χ2n) is 6.87. The zero-order valence-electron chi connectivity index (χ0n) is 15.7. The van der Waals surface area contributed by atoms with Crippen LogP contribution in [0.25, 0.3) is 0 Å². The highest BCUT2D eigenvalue weighted by Gasteiger charge is 2.28. The van der Waals surface area contributed by atoms with Crippen LogP contribution >= 0.6 is 0 Å². The van der Waals surface area contributed by atoms with Crippen LogP contribution in [-0.2, 0) is 11.3 Å². The molecule has 27 heavy (non-hydrogen) atoms. The summed E-state index contributed by atoms with van der Waals surface area (Å²) in [5.41, 5.74) is 8.75. The highest BCUT2D eigenvalue weighted by atomic mass is 16.5. The van der Waals surface area contributed by atoms with E-state index < -0.39 is 0 Å². The minimum absolute atomic E-state index is 0.193. The van der Waals surface area contributed by atoms with Gasteiger partial charge in [-0.2, -0.15) is 0 Å². The number of carbonyl (C=O) groups excluding carboxylic acids is 2. The highest BCUT2D eigenvalue weighted by Crippen LogP contribution is 2.22. The van der Waals surface area contributed by atoms with Crippen molar-refractivity contribution in [2.45, 2.75) is 32.4 Å². The van der Waals surface area contributed by atoms with E-state index in [4.69, 9.17) is 10.5 Å². The molecule has 0 spiro atoms. The first-order valence-electron chi connectivity index (χ1n) is 9.06. The van der Waals surface area contributed by atoms with Gasteiger partial charge in [-0.1, -0.05) is 18.2 Å². The summed E-state index contributed by atoms with van der Waals surface area (Å²) in [5, 5.41) is 2.92. The molecule has 2 amide bonds. The molecule has 2 aromatic carbocycles. The number of aryl methyl sites for hydroxylation is 1. The molecule has 1 saturated heterocycles. The Kier molecular flexibility index (Phi) is 5.76. The number of amides is 2. The molecule has 0 aliphatic carbocycles. The maximum atomic E-state index is 12.6. The average Bonchev–Trinajstić information content (AvgIpc) is 3.10. The fourth-order valence-electron chi connectivity index (χ4n) is 3.48. The van der Waals surface area contributed by atoms with Gasteiger partial charge in [0.25, 0.3) is 5.91 Å². The Hall–Kier alpha value is -2.86. The van der Waals surface area contributed by atoms with E-state index in [1.165, 1.54) is 0 Å². The first-order valence-corrected chi connectivity index (χ1v) is 9.06. The summed E-state index contributed by atoms with van der Waals surface area (Å²) < 4.78 is 5.29. The van der Waals surface area contributed by atoms with Gasteiger partial charge >= 0.3 is 0 Å². The lowest BCUT2D eigenvalue weighted by atomic mass is 10.1. The minimum Gasteiger partial charge on any atom is -0.496 e. The topological polar surface area (TPSA) is 84.7 Å². The number of hydrogen-bond acceptors (Lipinski definition) is 4. The van der Waals surface area contributed by atoms with Gasteiger partial charge in [-0.3, -0.25) is 14.5 Å². The molecule has 2 aromatic rings. The number of nitrogens with two attached hydrogens (primary N) is 1. The summed E-state index contributed by atoms with van der Waals surface area (Å²) in [4.78, 5) is 26.2. The van der Waals surface area contributed by atoms with E-state index in [1.807, 2.05) is 37.3 Å². The first kappa shape index (κ1) is 18.9. The third-order valence-electron chi connectivity index (χ3n) is 4.93. The Bertz CT molecular complexity index is 850. The minimum atomic E-state index is -0.273. The normalized spacial score (nSPS) is 16.9. The Morgan fingerprint density at radius 3 is 2.81 bits per heavy atom. The van der Waals surface area contributed by atoms with Gasteiger partial charge in [-0.05, 0) is 61.7 Å². The van der Waals surface area contributed by atoms with Crippen LogP contribution < -0.4 is 15.8 Å². The predicted octanol–water partition coefficient (Wildman–Crippen LogP) is 2.71. The number of primary amides is 1. The first-order chi connectivity index (χ1) is 13.0. The van der Waals surface area contributed by atoms with Crippen LogP contribution in [0.5, 0.6) is 5.75 Å². The van der Waals surface area contributed by atoms with E-state index in [2.05, 4.69) is 10.2 Å². The summed E-state index contributed by atoms with van der Waals surface area (Å²) >= 11 is 0. The molecule has 1 heterocycles. The Labute approximate surface area is 159 Å². The molecule has 6 nitrogen and oxygen atoms in total. The number of carbonyl (C=O) groups is 2. The summed E-state index contributed by atoms with van der Waals surface area (Å²) in [6.45, 7) is 3.42. The standard InChI is InChI=1S/C21H25N3O3/c1-14-8-9-16(12-19(14)27-2)21(26)23-17-6-3-5-15(11-17)13-24-10-4-7-18(24)20(22)25/h3,5-6,8-9,11-12,18H,4,7,10,13H2,1-2H3,(H2,22,25)(H,23,26)/t18-/m0/s1. The predicted molar refractivity (Wildman–Crippen MR) is 105 cm³/mol. The summed E-state index contributed by atoms with van der Waals surface area (Å²) in [7, 11) is 1.59. The van der Waals surface area contributed by atoms with Crippen molar-refractivity contribution in [1.29, 1.82) is 0 Å². The number of nitrogens with one attached hydrogen (secondary N) is 1. The second-order valence-corrected chi connectivity index (χ2v) is 6.87. The SMILES string of the molecule is COc1cc(C(=O)Nc2cccc(CN3CCC[C@H]3C(N)=O)c2)ccc1C. The van der Waals surface area contributed by atoms with E-state index in [1.54, 1.807) is 19.2 Å². The quantitative estimate of drug-likeness (QED) is 0.822. The zero-order chi connectivity index (χ0) is 19.4. The van der Waals surface area contributed by atoms with Gasteiger partial charge in [-0.25, -0.2) is 0 Å². The Morgan fingerprint density at radius 2 is 2.07 bits per heavy atom. The van der Waals surface area contributed by atoms with Crippen LogP contribution in [0.2, 0.25) is 0 Å². The summed E-state index contributed by atoms with van der Waals surface area (Å²) in [6.07, 6.45) is 1.78. The molecule has 0 unspecified atom stereocenters. The zero-order valence-corrected chi connectivity index (χ0v) is 15.7. The van der Waals surface area contributed by atoms with E-state index in [9.17, 15) is 9.59 Å². The van der Waals surface area contributed by atoms with Gasteiger partial charge < -0.3 is 15.8 Å². The molecule has 0 aromatic heterocycles. The second kappa shape index (κ2) is 8.22. The van der Waals surface area contributed by atoms with Crippen molar-refractivity contribution < 1.29 is 14.3 Å². The van der Waals surface area contributed by atoms with Crippen molar-refractivity contribution in [2.24, 2.45) is 5.73 Å². The molecule has 3 rings (SSSR count). The number of nitrogens with zero attached hydrogens (tertiary/aromatic N) is 1. The lowest BCUT2D eigenvalue weighted by molar-refractivity contribution is -0.122. The number of benzene rings is 2. The van der Waals surface area contributed by atoms with E-state index in [0.717, 1.165) is 30.5 Å². The number of anilines is 1. The van der Waals surface area contributed by atoms with Crippen LogP contribution in [0.15, 0.2) is 42.5 Å². The van der Waals surface area contributed by atoms with Crippen molar-refractivity contribution in [2.75, 3.05) is 19.0 Å². The van der Waals surface area contributed by atoms with Crippen LogP contribution in [0.3, 0.4) is 0 Å². The molecule has 142 valence electrons. The van der Waals surface area contributed by atoms with Crippen molar-refractivity contribution in [3.8, 4) is 5.75 Å². The van der Waals surface area contributed by atoms with Crippen molar-refractivity contribution >= 4 is 17.5 Å². The lowest BCUT2D eigenvalue weighted by Gasteiger charge is -2.22. The molecule has 1 fully saturated rings. The van der Waals surface area contributed by atoms with Gasteiger partial charge in [-0.15, -0.1) is 0 Å². The smallest absolute Gasteiger partial charge is 0.255 e. The molecular formula is C21H25N3O3. The van der Waals surface area contributed by atoms with Gasteiger partial charge in [0.15, 0.2) is 0 Å². The van der Waals surface area contributed by atoms with Crippen LogP contribution in [0.4, 0.5) is 5.69 Å². The number of hydrogen-bond donors (Lipinski definition) is 2. The van der Waals surface area contributed by atoms with E-state index >= 15 is 0 Å². The van der Waals surface area contributed by atoms with Crippen molar-refractivity contribution in [1.82, 2.24) is 4.90 Å². The summed E-state index contributed by atoms with van der Waals surface area (Å²) in [5.74, 6) is 0.217. The fourth-order valence-corrected chi connectivity index (χ4v) is 3.48. The number of rotatable bonds is 6. The maximum absolute atomic E-state index is 12.6. The number of likely N-dealkylation sites (tertiary alicyclic amines) is 1. The molecule has 3 N–H and O–H groups in total. The van der Waals surface area contributed by atoms with Crippen molar-refractivity contribution in [3.05, 3.63) is 59.2 Å². The molecule has 1 atom stereocenters. The average molecular weight is 367 g/mol. The fraction of sp³-hybridized carbons (Fsp3) is 0.333. The Morgan fingerprint density at radius 1 is 1.26 bits per heavy atom. The molecule has 1 aliphatic rings. The molecular weight excluding hydrogens is 342 g/mol. The van der Waals surface area contributed by atoms with Gasteiger partial charge in [0.1, 0.15) is 5.75 Å². The molecule has 6 heteroatoms. The maximum Gasteiger partial charge on any atom is 0.255 e. The van der Waals surface area contributed by atoms with E-state index in [0.29, 0.717) is 23.5 Å². The monoisotopic (exact) mass is 367 g/mol. The number of ether oxygens (including phenoxy) is 1. The molecule has 0 bridgehead atoms. The molecule has 1 aliphatic heterocycles.